The zero-order valence-corrected chi connectivity index (χ0v) is 17.2. The number of hydrogen-bond acceptors (Lipinski definition) is 5. The minimum Gasteiger partial charge on any atom is -0.461 e. The van der Waals surface area contributed by atoms with Gasteiger partial charge >= 0.3 is 11.6 Å². The third-order valence-electron chi connectivity index (χ3n) is 5.69. The molecule has 2 heterocycles. The smallest absolute Gasteiger partial charge is 0.336 e. The van der Waals surface area contributed by atoms with E-state index in [4.69, 9.17) is 9.15 Å². The average Bonchev–Trinajstić information content (AvgIpc) is 3.11. The van der Waals surface area contributed by atoms with Gasteiger partial charge in [-0.05, 0) is 44.0 Å². The molecule has 0 bridgehead atoms. The molecule has 154 valence electrons. The molecule has 3 aromatic rings. The fraction of sp³-hybridized carbons (Fsp3) is 0.292. The van der Waals surface area contributed by atoms with Gasteiger partial charge in [0.25, 0.3) is 0 Å². The Morgan fingerprint density at radius 1 is 1.10 bits per heavy atom. The van der Waals surface area contributed by atoms with Crippen LogP contribution in [-0.2, 0) is 20.9 Å². The first-order valence-electron chi connectivity index (χ1n) is 9.90. The van der Waals surface area contributed by atoms with Gasteiger partial charge in [0.2, 0.25) is 5.91 Å². The molecular formula is C24H23NO5. The molecule has 0 radical (unpaired) electrons. The van der Waals surface area contributed by atoms with Crippen molar-refractivity contribution in [3.63, 3.8) is 0 Å². The number of ether oxygens (including phenoxy) is 1. The summed E-state index contributed by atoms with van der Waals surface area (Å²) < 4.78 is 10.9. The predicted octanol–water partition coefficient (Wildman–Crippen LogP) is 3.81. The Hall–Kier alpha value is -3.41. The van der Waals surface area contributed by atoms with Crippen molar-refractivity contribution in [3.05, 3.63) is 75.1 Å². The van der Waals surface area contributed by atoms with Crippen LogP contribution in [0.1, 0.15) is 28.7 Å². The lowest BCUT2D eigenvalue weighted by molar-refractivity contribution is -0.149. The van der Waals surface area contributed by atoms with Gasteiger partial charge in [0.15, 0.2) is 0 Å². The molecule has 1 aromatic heterocycles. The summed E-state index contributed by atoms with van der Waals surface area (Å²) in [6.07, 6.45) is 0.114. The molecule has 4 rings (SSSR count). The summed E-state index contributed by atoms with van der Waals surface area (Å²) in [6.45, 7) is 6.06. The lowest BCUT2D eigenvalue weighted by Gasteiger charge is -2.17. The molecule has 1 amide bonds. The normalized spacial score (nSPS) is 16.3. The Kier molecular flexibility index (Phi) is 5.16. The van der Waals surface area contributed by atoms with Crippen molar-refractivity contribution in [2.45, 2.75) is 33.8 Å². The summed E-state index contributed by atoms with van der Waals surface area (Å²) in [5.41, 5.74) is 4.40. The molecule has 0 saturated carbocycles. The Morgan fingerprint density at radius 3 is 2.57 bits per heavy atom. The second kappa shape index (κ2) is 7.78. The molecule has 0 aliphatic carbocycles. The van der Waals surface area contributed by atoms with E-state index < -0.39 is 17.5 Å². The van der Waals surface area contributed by atoms with Crippen molar-refractivity contribution in [2.24, 2.45) is 5.92 Å². The predicted molar refractivity (Wildman–Crippen MR) is 113 cm³/mol. The third-order valence-corrected chi connectivity index (χ3v) is 5.69. The third kappa shape index (κ3) is 3.73. The fourth-order valence-corrected chi connectivity index (χ4v) is 3.75. The van der Waals surface area contributed by atoms with Gasteiger partial charge in [-0.25, -0.2) is 4.79 Å². The minimum atomic E-state index is -0.533. The Balaban J connectivity index is 1.49. The average molecular weight is 405 g/mol. The minimum absolute atomic E-state index is 0.0430. The maximum absolute atomic E-state index is 12.6. The molecule has 1 fully saturated rings. The molecule has 1 aliphatic rings. The van der Waals surface area contributed by atoms with Gasteiger partial charge in [0.1, 0.15) is 12.2 Å². The van der Waals surface area contributed by atoms with Crippen LogP contribution in [0.5, 0.6) is 0 Å². The number of hydrogen-bond donors (Lipinski definition) is 0. The van der Waals surface area contributed by atoms with E-state index in [1.165, 1.54) is 6.07 Å². The number of benzene rings is 2. The summed E-state index contributed by atoms with van der Waals surface area (Å²) in [6, 6.07) is 12.8. The van der Waals surface area contributed by atoms with Crippen LogP contribution in [0.3, 0.4) is 0 Å². The Labute approximate surface area is 174 Å². The Morgan fingerprint density at radius 2 is 1.83 bits per heavy atom. The van der Waals surface area contributed by atoms with Crippen molar-refractivity contribution in [3.8, 4) is 0 Å². The largest absolute Gasteiger partial charge is 0.461 e. The molecule has 0 spiro atoms. The van der Waals surface area contributed by atoms with E-state index in [1.807, 2.05) is 57.2 Å². The Bertz CT molecular complexity index is 1190. The second-order valence-corrected chi connectivity index (χ2v) is 7.82. The van der Waals surface area contributed by atoms with E-state index in [2.05, 4.69) is 0 Å². The van der Waals surface area contributed by atoms with Gasteiger partial charge < -0.3 is 14.1 Å². The summed E-state index contributed by atoms with van der Waals surface area (Å²) in [7, 11) is 0. The van der Waals surface area contributed by atoms with Crippen molar-refractivity contribution < 1.29 is 18.7 Å². The number of amides is 1. The number of anilines is 1. The molecular weight excluding hydrogens is 382 g/mol. The van der Waals surface area contributed by atoms with Gasteiger partial charge in [-0.3, -0.25) is 9.59 Å². The van der Waals surface area contributed by atoms with Crippen molar-refractivity contribution in [1.29, 1.82) is 0 Å². The maximum atomic E-state index is 12.6. The highest BCUT2D eigenvalue weighted by Crippen LogP contribution is 2.27. The first-order valence-corrected chi connectivity index (χ1v) is 9.90. The quantitative estimate of drug-likeness (QED) is 0.487. The number of carbonyl (C=O) groups is 2. The number of nitrogens with zero attached hydrogens (tertiary/aromatic N) is 1. The number of esters is 1. The van der Waals surface area contributed by atoms with E-state index in [1.54, 1.807) is 4.90 Å². The number of fused-ring (bicyclic) bond motifs is 1. The van der Waals surface area contributed by atoms with Gasteiger partial charge in [0.05, 0.1) is 5.92 Å². The van der Waals surface area contributed by atoms with Crippen LogP contribution in [0.2, 0.25) is 0 Å². The zero-order chi connectivity index (χ0) is 21.4. The summed E-state index contributed by atoms with van der Waals surface area (Å²) in [5.74, 6) is -1.07. The van der Waals surface area contributed by atoms with E-state index in [0.29, 0.717) is 11.1 Å². The monoisotopic (exact) mass is 405 g/mol. The van der Waals surface area contributed by atoms with Gasteiger partial charge in [-0.15, -0.1) is 0 Å². The van der Waals surface area contributed by atoms with Gasteiger partial charge in [-0.1, -0.05) is 29.8 Å². The maximum Gasteiger partial charge on any atom is 0.336 e. The van der Waals surface area contributed by atoms with Crippen LogP contribution >= 0.6 is 0 Å². The topological polar surface area (TPSA) is 76.8 Å². The fourth-order valence-electron chi connectivity index (χ4n) is 3.75. The van der Waals surface area contributed by atoms with Crippen LogP contribution < -0.4 is 10.5 Å². The van der Waals surface area contributed by atoms with E-state index in [9.17, 15) is 14.4 Å². The second-order valence-electron chi connectivity index (χ2n) is 7.82. The number of carbonyl (C=O) groups excluding carboxylic acids is 2. The molecule has 30 heavy (non-hydrogen) atoms. The lowest BCUT2D eigenvalue weighted by Crippen LogP contribution is -2.26. The number of aryl methyl sites for hydroxylation is 3. The summed E-state index contributed by atoms with van der Waals surface area (Å²) in [4.78, 5) is 38.6. The van der Waals surface area contributed by atoms with Crippen LogP contribution in [0.15, 0.2) is 51.7 Å². The molecule has 0 N–H and O–H groups in total. The molecule has 1 saturated heterocycles. The van der Waals surface area contributed by atoms with E-state index in [-0.39, 0.29) is 25.5 Å². The molecule has 6 nitrogen and oxygen atoms in total. The highest BCUT2D eigenvalue weighted by molar-refractivity contribution is 5.99. The van der Waals surface area contributed by atoms with Crippen molar-refractivity contribution in [2.75, 3.05) is 11.4 Å². The van der Waals surface area contributed by atoms with Crippen molar-refractivity contribution >= 4 is 28.5 Å². The van der Waals surface area contributed by atoms with Crippen LogP contribution in [0.25, 0.3) is 11.0 Å². The standard InChI is InChI=1S/C24H23NO5/c1-14-4-7-19(8-5-14)25-12-17(10-21(25)26)24(28)29-13-18-11-22(27)30-23-16(3)15(2)6-9-20(18)23/h4-9,11,17H,10,12-13H2,1-3H3/t17-/m0/s1. The van der Waals surface area contributed by atoms with Crippen molar-refractivity contribution in [1.82, 2.24) is 0 Å². The number of rotatable bonds is 4. The van der Waals surface area contributed by atoms with Crippen LogP contribution in [-0.4, -0.2) is 18.4 Å². The highest BCUT2D eigenvalue weighted by atomic mass is 16.5. The van der Waals surface area contributed by atoms with Gasteiger partial charge in [0, 0.05) is 35.7 Å². The van der Waals surface area contributed by atoms with E-state index >= 15 is 0 Å². The molecule has 2 aromatic carbocycles. The SMILES string of the molecule is Cc1ccc(N2C[C@@H](C(=O)OCc3cc(=O)oc4c(C)c(C)ccc34)CC2=O)cc1. The first-order chi connectivity index (χ1) is 14.3. The molecule has 1 aliphatic heterocycles. The highest BCUT2D eigenvalue weighted by Gasteiger charge is 2.36. The van der Waals surface area contributed by atoms with Crippen LogP contribution in [0, 0.1) is 26.7 Å². The molecule has 6 heteroatoms. The lowest BCUT2D eigenvalue weighted by atomic mass is 10.0. The first kappa shape index (κ1) is 19.9. The molecule has 1 atom stereocenters. The summed E-state index contributed by atoms with van der Waals surface area (Å²) >= 11 is 0. The zero-order valence-electron chi connectivity index (χ0n) is 17.2. The summed E-state index contributed by atoms with van der Waals surface area (Å²) in [5, 5.41) is 0.745. The van der Waals surface area contributed by atoms with Crippen LogP contribution in [0.4, 0.5) is 5.69 Å². The van der Waals surface area contributed by atoms with Gasteiger partial charge in [-0.2, -0.15) is 0 Å². The molecule has 0 unspecified atom stereocenters. The van der Waals surface area contributed by atoms with E-state index in [0.717, 1.165) is 27.8 Å².